The second-order valence-corrected chi connectivity index (χ2v) is 43.5. The largest absolute Gasteiger partial charge is 0.497 e. The van der Waals surface area contributed by atoms with E-state index in [1.165, 1.54) is 14.7 Å². The van der Waals surface area contributed by atoms with Crippen molar-refractivity contribution < 1.29 is 77.8 Å². The summed E-state index contributed by atoms with van der Waals surface area (Å²) < 4.78 is 10.5. The van der Waals surface area contributed by atoms with Gasteiger partial charge in [-0.15, -0.1) is 45.3 Å². The lowest BCUT2D eigenvalue weighted by molar-refractivity contribution is -0.143. The van der Waals surface area contributed by atoms with Crippen LogP contribution >= 0.6 is 45.3 Å². The SMILES string of the molecule is CCC1(C(=O)CCc2ccc(-c3scnc3C)cc2)C[C@@H](O)CN1C(=O)c1cccc(C)c1.COc1ccc(CCC(=O)N[C@H](C(=O)N2C[C@H](O)C[C@H]2C(=O)CCc2ccc(-c3scnc3C)cc2)C(C)(C)C)cc1.COc1ccc2c(c1)CN([C@H](C(=O)N1C[C@H](O)C[C@H]1C(=O)CCc1ccc(-c3scnc3C)cc1)C(C)C)C2=O.Cc1cccc(C(=O)N2C[C@H](O)C[C@H]2C(=O)CCc2ccc(-c3scnc3C)cc2)c1. The number of carbonyl (C=O) groups is 10. The second-order valence-electron chi connectivity index (χ2n) is 40.1. The van der Waals surface area contributed by atoms with Crippen molar-refractivity contribution >= 4 is 104 Å². The van der Waals surface area contributed by atoms with Gasteiger partial charge >= 0.3 is 0 Å². The fourth-order valence-corrected chi connectivity index (χ4v) is 23.3. The van der Waals surface area contributed by atoms with E-state index in [0.717, 1.165) is 115 Å². The molecule has 0 saturated carbocycles. The predicted octanol–water partition coefficient (Wildman–Crippen LogP) is 18.2. The standard InChI is InChI=1S/C33H41N3O5S.C31H35N3O5S.C27H30N2O3S.C25H26N2O3S/c1-21-30(42-20-34-21)24-12-6-22(7-13-24)10-16-28(38)27-18-25(37)19-36(27)32(40)31(33(2,3)4)35-29(39)17-11-23-8-14-26(41-5)15-9-23;1-18(2)28(34-15-22-13-24(39-4)10-11-25(22)30(34)37)31(38)33-16-23(35)14-26(33)27(36)12-7-20-5-8-21(9-6-20)29-19(3)32-17-40-29;1-4-27(15-23(30)16-29(27)26(32)22-7-5-6-18(2)14-22)24(31)13-10-20-8-11-21(12-9-20)25-19(3)28-17-33-25;1-16-4-3-5-20(12-16)25(30)27-14-21(28)13-22(27)23(29)11-8-18-6-9-19(10-7-18)24-17(2)26-15-31-24/h6-9,12-15,20,25,27,31,37H,10-11,16-19H2,1-5H3,(H,35,39);5-6,8-11,13,17-18,23,26,28,35H,7,12,14-16H2,1-4H3;5-9,11-12,14,17,23,30H,4,10,13,15-16H2,1-3H3;3-7,9-10,12,15,21-22,28H,8,11,13-14H2,1-2H3/t25-,27+,31-;23-,26+,28+;23-,27?;21-,22+/m1111/s1. The molecule has 0 aliphatic carbocycles. The molecule has 5 aliphatic heterocycles. The van der Waals surface area contributed by atoms with E-state index in [-0.39, 0.29) is 123 Å². The summed E-state index contributed by atoms with van der Waals surface area (Å²) in [7, 11) is 3.18. The number of likely N-dealkylation sites (tertiary alicyclic amines) is 4. The Morgan fingerprint density at radius 2 is 0.815 bits per heavy atom. The number of hydrogen-bond acceptors (Lipinski definition) is 24. The number of thiazole rings is 4. The third kappa shape index (κ3) is 26.6. The van der Waals surface area contributed by atoms with Gasteiger partial charge in [-0.3, -0.25) is 47.9 Å². The van der Waals surface area contributed by atoms with Gasteiger partial charge in [0, 0.05) is 107 Å². The summed E-state index contributed by atoms with van der Waals surface area (Å²) in [6.45, 7) is 24.1. The van der Waals surface area contributed by atoms with Gasteiger partial charge in [0.25, 0.3) is 17.7 Å². The molecule has 30 heteroatoms. The number of nitrogens with one attached hydrogen (secondary N) is 1. The van der Waals surface area contributed by atoms with Crippen molar-refractivity contribution in [1.82, 2.24) is 49.8 Å². The first-order valence-electron chi connectivity index (χ1n) is 50.0. The zero-order valence-electron chi connectivity index (χ0n) is 85.5. The number of nitrogens with zero attached hydrogens (tertiary/aromatic N) is 9. The van der Waals surface area contributed by atoms with Gasteiger partial charge in [0.2, 0.25) is 17.7 Å². The fraction of sp³-hybridized carbons (Fsp3) is 0.397. The van der Waals surface area contributed by atoms with Gasteiger partial charge in [-0.05, 0) is 202 Å². The molecule has 4 fully saturated rings. The molecule has 4 aromatic heterocycles. The Morgan fingerprint density at radius 1 is 0.445 bits per heavy atom. The molecule has 146 heavy (non-hydrogen) atoms. The number of carbonyl (C=O) groups excluding carboxylic acids is 10. The minimum absolute atomic E-state index is 0.0000640. The maximum atomic E-state index is 13.9. The molecule has 8 aromatic carbocycles. The highest BCUT2D eigenvalue weighted by molar-refractivity contribution is 7.14. The van der Waals surface area contributed by atoms with Crippen LogP contribution in [0.25, 0.3) is 41.8 Å². The summed E-state index contributed by atoms with van der Waals surface area (Å²) in [5, 5.41) is 44.5. The normalized spacial score (nSPS) is 18.8. The smallest absolute Gasteiger partial charge is 0.255 e. The first-order chi connectivity index (χ1) is 69.9. The molecule has 1 unspecified atom stereocenters. The zero-order chi connectivity index (χ0) is 105. The molecule has 5 aliphatic rings. The first-order valence-corrected chi connectivity index (χ1v) is 53.5. The number of amides is 6. The average Bonchev–Trinajstić information content (AvgIpc) is 1.61. The molecule has 0 radical (unpaired) electrons. The highest BCUT2D eigenvalue weighted by Gasteiger charge is 2.52. The Hall–Kier alpha value is -12.8. The van der Waals surface area contributed by atoms with Crippen molar-refractivity contribution in [3.8, 4) is 53.3 Å². The number of ether oxygens (including phenoxy) is 2. The topological polar surface area (TPSA) is 350 Å². The third-order valence-corrected chi connectivity index (χ3v) is 32.1. The van der Waals surface area contributed by atoms with Crippen LogP contribution in [-0.4, -0.2) is 224 Å². The predicted molar refractivity (Wildman–Crippen MR) is 571 cm³/mol. The highest BCUT2D eigenvalue weighted by atomic mass is 32.1. The highest BCUT2D eigenvalue weighted by Crippen LogP contribution is 2.41. The number of aliphatic hydroxyl groups excluding tert-OH is 4. The minimum atomic E-state index is -0.958. The Balaban J connectivity index is 0.000000155. The summed E-state index contributed by atoms with van der Waals surface area (Å²) >= 11 is 6.44. The number of β-amino-alcohol motifs (C(OH)–C–C–N with tert-alkyl or cyclic N) is 4. The lowest BCUT2D eigenvalue weighted by Gasteiger charge is -2.36. The van der Waals surface area contributed by atoms with Crippen LogP contribution in [0.2, 0.25) is 0 Å². The van der Waals surface area contributed by atoms with Gasteiger partial charge in [0.15, 0.2) is 23.1 Å². The Bertz CT molecular complexity index is 6610. The maximum absolute atomic E-state index is 13.9. The van der Waals surface area contributed by atoms with Crippen molar-refractivity contribution in [2.24, 2.45) is 11.3 Å². The summed E-state index contributed by atoms with van der Waals surface area (Å²) in [6.07, 6.45) is 2.84. The second kappa shape index (κ2) is 49.2. The van der Waals surface area contributed by atoms with Gasteiger partial charge in [-0.25, -0.2) is 19.9 Å². The fourth-order valence-electron chi connectivity index (χ4n) is 20.1. The molecule has 10 atom stereocenters. The number of Topliss-reactive ketones (excluding diaryl/α,β-unsaturated/α-hetero) is 4. The number of ketones is 4. The molecule has 17 rings (SSSR count). The van der Waals surface area contributed by atoms with Crippen LogP contribution in [0, 0.1) is 52.9 Å². The molecule has 12 aromatic rings. The van der Waals surface area contributed by atoms with E-state index in [4.69, 9.17) is 9.47 Å². The molecule has 766 valence electrons. The zero-order valence-corrected chi connectivity index (χ0v) is 88.7. The number of hydrogen-bond donors (Lipinski definition) is 5. The van der Waals surface area contributed by atoms with Crippen LogP contribution in [0.1, 0.15) is 204 Å². The Morgan fingerprint density at radius 3 is 1.19 bits per heavy atom. The minimum Gasteiger partial charge on any atom is -0.497 e. The van der Waals surface area contributed by atoms with E-state index in [9.17, 15) is 68.4 Å². The van der Waals surface area contributed by atoms with Crippen molar-refractivity contribution in [1.29, 1.82) is 0 Å². The molecule has 4 saturated heterocycles. The van der Waals surface area contributed by atoms with Crippen LogP contribution in [0.5, 0.6) is 11.5 Å². The van der Waals surface area contributed by atoms with Crippen molar-refractivity contribution in [3.63, 3.8) is 0 Å². The Labute approximate surface area is 870 Å². The quantitative estimate of drug-likeness (QED) is 0.0255. The van der Waals surface area contributed by atoms with Crippen LogP contribution in [0.3, 0.4) is 0 Å². The number of rotatable bonds is 33. The van der Waals surface area contributed by atoms with E-state index in [0.29, 0.717) is 93.2 Å². The lowest BCUT2D eigenvalue weighted by atomic mass is 9.84. The van der Waals surface area contributed by atoms with Gasteiger partial charge in [-0.1, -0.05) is 186 Å². The monoisotopic (exact) mass is 2050 g/mol. The lowest BCUT2D eigenvalue weighted by Crippen LogP contribution is -2.56. The maximum Gasteiger partial charge on any atom is 0.255 e. The van der Waals surface area contributed by atoms with E-state index < -0.39 is 65.6 Å². The molecule has 6 amide bonds. The van der Waals surface area contributed by atoms with Gasteiger partial charge in [0.05, 0.1) is 121 Å². The van der Waals surface area contributed by atoms with Crippen LogP contribution < -0.4 is 14.8 Å². The van der Waals surface area contributed by atoms with Crippen LogP contribution in [-0.2, 0) is 72.2 Å². The van der Waals surface area contributed by atoms with Gasteiger partial charge < -0.3 is 59.7 Å². The van der Waals surface area contributed by atoms with Crippen molar-refractivity contribution in [2.75, 3.05) is 40.4 Å². The number of aliphatic hydroxyl groups is 4. The Kier molecular flexibility index (Phi) is 36.7. The van der Waals surface area contributed by atoms with Crippen molar-refractivity contribution in [2.45, 2.75) is 246 Å². The summed E-state index contributed by atoms with van der Waals surface area (Å²) in [4.78, 5) is 163. The average molecular weight is 2050 g/mol. The van der Waals surface area contributed by atoms with E-state index in [1.54, 1.807) is 93.6 Å². The van der Waals surface area contributed by atoms with Crippen molar-refractivity contribution in [3.05, 3.63) is 294 Å². The van der Waals surface area contributed by atoms with Gasteiger partial charge in [0.1, 0.15) is 29.1 Å². The number of fused-ring (bicyclic) bond motifs is 1. The van der Waals surface area contributed by atoms with Crippen LogP contribution in [0.4, 0.5) is 0 Å². The van der Waals surface area contributed by atoms with Crippen LogP contribution in [0.15, 0.2) is 210 Å². The third-order valence-electron chi connectivity index (χ3n) is 28.2. The number of methoxy groups -OCH3 is 2. The number of benzene rings is 8. The van der Waals surface area contributed by atoms with E-state index in [2.05, 4.69) is 61.7 Å². The summed E-state index contributed by atoms with van der Waals surface area (Å²) in [5.41, 5.74) is 24.0. The molecule has 5 N–H and O–H groups in total. The molecule has 0 bridgehead atoms. The molecule has 0 spiro atoms. The molecule has 9 heterocycles. The number of aryl methyl sites for hydroxylation is 11. The number of aromatic nitrogens is 4. The first kappa shape index (κ1) is 109. The molecular weight excluding hydrogens is 1920 g/mol. The molecule has 26 nitrogen and oxygen atoms in total. The summed E-state index contributed by atoms with van der Waals surface area (Å²) in [6, 6.07) is 56.7. The molecular formula is C116H132N10O16S4. The summed E-state index contributed by atoms with van der Waals surface area (Å²) in [5.74, 6) is -0.355. The van der Waals surface area contributed by atoms with E-state index >= 15 is 0 Å². The van der Waals surface area contributed by atoms with E-state index in [1.807, 2.05) is 233 Å². The van der Waals surface area contributed by atoms with Gasteiger partial charge in [-0.2, -0.15) is 0 Å².